The number of nitrogens with zero attached hydrogens (tertiary/aromatic N) is 1. The molecule has 0 bridgehead atoms. The zero-order valence-electron chi connectivity index (χ0n) is 12.0. The van der Waals surface area contributed by atoms with Gasteiger partial charge in [0.2, 0.25) is 0 Å². The molecule has 2 aliphatic rings. The van der Waals surface area contributed by atoms with E-state index in [-0.39, 0.29) is 5.60 Å². The molecule has 2 rings (SSSR count). The second-order valence-electron chi connectivity index (χ2n) is 6.68. The molecule has 100 valence electrons. The molecule has 0 aromatic heterocycles. The van der Waals surface area contributed by atoms with Crippen LogP contribution in [0.5, 0.6) is 0 Å². The molecule has 1 heterocycles. The SMILES string of the molecule is CC(C)(C)OC=O.CCC1CC2(C1)CN(C)C2. The minimum Gasteiger partial charge on any atom is -0.462 e. The Hall–Kier alpha value is -0.570. The zero-order valence-corrected chi connectivity index (χ0v) is 12.0. The van der Waals surface area contributed by atoms with Crippen molar-refractivity contribution in [1.29, 1.82) is 0 Å². The molecule has 1 aliphatic carbocycles. The topological polar surface area (TPSA) is 29.5 Å². The summed E-state index contributed by atoms with van der Waals surface area (Å²) in [6, 6.07) is 0. The minimum atomic E-state index is -0.318. The lowest BCUT2D eigenvalue weighted by Crippen LogP contribution is -2.60. The molecular formula is C14H27NO2. The van der Waals surface area contributed by atoms with Crippen molar-refractivity contribution in [2.45, 2.75) is 52.6 Å². The Labute approximate surface area is 106 Å². The third-order valence-electron chi connectivity index (χ3n) is 3.63. The molecule has 0 N–H and O–H groups in total. The Morgan fingerprint density at radius 1 is 1.35 bits per heavy atom. The fraction of sp³-hybridized carbons (Fsp3) is 0.929. The molecule has 0 atom stereocenters. The van der Waals surface area contributed by atoms with Gasteiger partial charge >= 0.3 is 0 Å². The predicted molar refractivity (Wildman–Crippen MR) is 69.8 cm³/mol. The van der Waals surface area contributed by atoms with Crippen molar-refractivity contribution < 1.29 is 9.53 Å². The van der Waals surface area contributed by atoms with Gasteiger partial charge in [0.25, 0.3) is 6.47 Å². The van der Waals surface area contributed by atoms with Gasteiger partial charge in [0.05, 0.1) is 0 Å². The van der Waals surface area contributed by atoms with Gasteiger partial charge in [-0.2, -0.15) is 0 Å². The van der Waals surface area contributed by atoms with E-state index in [0.717, 1.165) is 11.3 Å². The first-order chi connectivity index (χ1) is 7.80. The Morgan fingerprint density at radius 2 is 1.88 bits per heavy atom. The summed E-state index contributed by atoms with van der Waals surface area (Å²) in [7, 11) is 2.23. The summed E-state index contributed by atoms with van der Waals surface area (Å²) in [5.41, 5.74) is 0.497. The molecule has 3 heteroatoms. The van der Waals surface area contributed by atoms with Gasteiger partial charge in [-0.1, -0.05) is 13.3 Å². The van der Waals surface area contributed by atoms with E-state index in [1.54, 1.807) is 0 Å². The van der Waals surface area contributed by atoms with Gasteiger partial charge in [-0.05, 0) is 52.0 Å². The minimum absolute atomic E-state index is 0.318. The van der Waals surface area contributed by atoms with Crippen LogP contribution in [0, 0.1) is 11.3 Å². The molecule has 2 fully saturated rings. The highest BCUT2D eigenvalue weighted by atomic mass is 16.5. The smallest absolute Gasteiger partial charge is 0.293 e. The third-order valence-corrected chi connectivity index (χ3v) is 3.63. The lowest BCUT2D eigenvalue weighted by atomic mass is 9.57. The van der Waals surface area contributed by atoms with Gasteiger partial charge in [0.1, 0.15) is 5.60 Å². The number of hydrogen-bond acceptors (Lipinski definition) is 3. The van der Waals surface area contributed by atoms with E-state index in [1.807, 2.05) is 20.8 Å². The van der Waals surface area contributed by atoms with Gasteiger partial charge in [0.15, 0.2) is 0 Å². The summed E-state index contributed by atoms with van der Waals surface area (Å²) in [4.78, 5) is 12.0. The van der Waals surface area contributed by atoms with E-state index in [4.69, 9.17) is 0 Å². The monoisotopic (exact) mass is 241 g/mol. The maximum absolute atomic E-state index is 9.60. The van der Waals surface area contributed by atoms with Crippen molar-refractivity contribution >= 4 is 6.47 Å². The van der Waals surface area contributed by atoms with Crippen LogP contribution in [0.2, 0.25) is 0 Å². The molecule has 1 saturated carbocycles. The molecule has 0 aromatic carbocycles. The first-order valence-electron chi connectivity index (χ1n) is 6.60. The standard InChI is InChI=1S/C9H17N.C5H10O2/c1-3-8-4-9(5-8)6-10(2)7-9;1-5(2,3)7-4-6/h8H,3-7H2,1-2H3;4H,1-3H3. The molecular weight excluding hydrogens is 214 g/mol. The van der Waals surface area contributed by atoms with Gasteiger partial charge < -0.3 is 9.64 Å². The molecule has 0 unspecified atom stereocenters. The average molecular weight is 241 g/mol. The van der Waals surface area contributed by atoms with Crippen LogP contribution in [0.3, 0.4) is 0 Å². The lowest BCUT2D eigenvalue weighted by molar-refractivity contribution is -0.138. The molecule has 1 spiro atoms. The number of carbonyl (C=O) groups excluding carboxylic acids is 1. The molecule has 3 nitrogen and oxygen atoms in total. The molecule has 17 heavy (non-hydrogen) atoms. The maximum Gasteiger partial charge on any atom is 0.293 e. The fourth-order valence-corrected chi connectivity index (χ4v) is 2.96. The van der Waals surface area contributed by atoms with Crippen molar-refractivity contribution in [3.8, 4) is 0 Å². The summed E-state index contributed by atoms with van der Waals surface area (Å²) in [5.74, 6) is 1.08. The molecule has 1 aliphatic heterocycles. The van der Waals surface area contributed by atoms with Crippen LogP contribution in [0.25, 0.3) is 0 Å². The zero-order chi connectivity index (χ0) is 13.1. The van der Waals surface area contributed by atoms with Crippen molar-refractivity contribution in [1.82, 2.24) is 4.90 Å². The van der Waals surface area contributed by atoms with Gasteiger partial charge in [-0.25, -0.2) is 0 Å². The first kappa shape index (κ1) is 14.5. The highest BCUT2D eigenvalue weighted by Gasteiger charge is 2.49. The van der Waals surface area contributed by atoms with Crippen LogP contribution >= 0.6 is 0 Å². The lowest BCUT2D eigenvalue weighted by Gasteiger charge is -2.58. The second kappa shape index (κ2) is 5.38. The van der Waals surface area contributed by atoms with E-state index in [0.29, 0.717) is 6.47 Å². The second-order valence-corrected chi connectivity index (χ2v) is 6.68. The third kappa shape index (κ3) is 4.30. The van der Waals surface area contributed by atoms with Crippen LogP contribution in [0.15, 0.2) is 0 Å². The summed E-state index contributed by atoms with van der Waals surface area (Å²) in [6.45, 7) is 11.0. The molecule has 0 aromatic rings. The average Bonchev–Trinajstić information content (AvgIpc) is 2.07. The normalized spacial score (nSPS) is 23.1. The largest absolute Gasteiger partial charge is 0.462 e. The van der Waals surface area contributed by atoms with Crippen LogP contribution in [-0.4, -0.2) is 37.1 Å². The Morgan fingerprint density at radius 3 is 2.12 bits per heavy atom. The summed E-state index contributed by atoms with van der Waals surface area (Å²) in [6.07, 6.45) is 4.45. The molecule has 0 amide bonds. The molecule has 1 saturated heterocycles. The fourth-order valence-electron chi connectivity index (χ4n) is 2.96. The summed E-state index contributed by atoms with van der Waals surface area (Å²) in [5, 5.41) is 0. The van der Waals surface area contributed by atoms with Gasteiger partial charge in [-0.3, -0.25) is 4.79 Å². The number of rotatable bonds is 2. The van der Waals surface area contributed by atoms with E-state index in [2.05, 4.69) is 23.6 Å². The number of ether oxygens (including phenoxy) is 1. The number of hydrogen-bond donors (Lipinski definition) is 0. The van der Waals surface area contributed by atoms with E-state index in [9.17, 15) is 4.79 Å². The first-order valence-corrected chi connectivity index (χ1v) is 6.60. The summed E-state index contributed by atoms with van der Waals surface area (Å²) < 4.78 is 4.55. The Balaban J connectivity index is 0.000000185. The quantitative estimate of drug-likeness (QED) is 0.696. The van der Waals surface area contributed by atoms with E-state index < -0.39 is 0 Å². The van der Waals surface area contributed by atoms with Gasteiger partial charge in [0, 0.05) is 13.1 Å². The van der Waals surface area contributed by atoms with Crippen molar-refractivity contribution in [3.63, 3.8) is 0 Å². The Kier molecular flexibility index (Phi) is 4.59. The van der Waals surface area contributed by atoms with Crippen LogP contribution in [0.4, 0.5) is 0 Å². The predicted octanol–water partition coefficient (Wildman–Crippen LogP) is 2.70. The van der Waals surface area contributed by atoms with E-state index in [1.165, 1.54) is 32.4 Å². The Bertz CT molecular complexity index is 243. The van der Waals surface area contributed by atoms with Crippen molar-refractivity contribution in [3.05, 3.63) is 0 Å². The van der Waals surface area contributed by atoms with Crippen molar-refractivity contribution in [2.75, 3.05) is 20.1 Å². The molecule has 0 radical (unpaired) electrons. The van der Waals surface area contributed by atoms with Crippen LogP contribution in [0.1, 0.15) is 47.0 Å². The van der Waals surface area contributed by atoms with E-state index >= 15 is 0 Å². The van der Waals surface area contributed by atoms with Crippen LogP contribution < -0.4 is 0 Å². The number of likely N-dealkylation sites (tertiary alicyclic amines) is 1. The number of carbonyl (C=O) groups is 1. The van der Waals surface area contributed by atoms with Crippen molar-refractivity contribution in [2.24, 2.45) is 11.3 Å². The van der Waals surface area contributed by atoms with Crippen LogP contribution in [-0.2, 0) is 9.53 Å². The maximum atomic E-state index is 9.60. The highest BCUT2D eigenvalue weighted by molar-refractivity contribution is 5.37. The summed E-state index contributed by atoms with van der Waals surface area (Å²) >= 11 is 0. The highest BCUT2D eigenvalue weighted by Crippen LogP contribution is 2.52. The van der Waals surface area contributed by atoms with Gasteiger partial charge in [-0.15, -0.1) is 0 Å².